The van der Waals surface area contributed by atoms with Crippen LogP contribution in [-0.4, -0.2) is 21.6 Å². The van der Waals surface area contributed by atoms with Crippen LogP contribution in [0.5, 0.6) is 0 Å². The van der Waals surface area contributed by atoms with E-state index in [0.717, 1.165) is 0 Å². The second-order valence-corrected chi connectivity index (χ2v) is 4.43. The lowest BCUT2D eigenvalue weighted by Gasteiger charge is -2.34. The molecule has 6 heteroatoms. The molecule has 0 spiro atoms. The van der Waals surface area contributed by atoms with Crippen molar-refractivity contribution >= 4 is 5.91 Å². The Bertz CT molecular complexity index is 389. The Kier molecular flexibility index (Phi) is 4.22. The average molecular weight is 240 g/mol. The van der Waals surface area contributed by atoms with Gasteiger partial charge in [0, 0.05) is 0 Å². The fraction of sp³-hybridized carbons (Fsp3) is 0.727. The molecule has 1 heterocycles. The smallest absolute Gasteiger partial charge is 0.240 e. The van der Waals surface area contributed by atoms with E-state index in [1.54, 1.807) is 6.92 Å². The molecule has 1 aromatic heterocycles. The molecule has 1 aromatic rings. The lowest BCUT2D eigenvalue weighted by Crippen LogP contribution is -2.58. The molecule has 1 atom stereocenters. The van der Waals surface area contributed by atoms with Crippen molar-refractivity contribution in [1.29, 1.82) is 0 Å². The number of rotatable bonds is 6. The molecule has 17 heavy (non-hydrogen) atoms. The number of nitrogens with one attached hydrogen (secondary N) is 1. The quantitative estimate of drug-likeness (QED) is 0.765. The molecule has 0 radical (unpaired) electrons. The Hall–Kier alpha value is -1.43. The van der Waals surface area contributed by atoms with Gasteiger partial charge >= 0.3 is 0 Å². The van der Waals surface area contributed by atoms with Crippen molar-refractivity contribution < 1.29 is 9.32 Å². The minimum Gasteiger partial charge on any atom is -0.368 e. The summed E-state index contributed by atoms with van der Waals surface area (Å²) in [5.74, 6) is 0.773. The van der Waals surface area contributed by atoms with Crippen LogP contribution in [-0.2, 0) is 11.3 Å². The maximum absolute atomic E-state index is 11.6. The maximum Gasteiger partial charge on any atom is 0.240 e. The normalized spacial score (nSPS) is 14.9. The van der Waals surface area contributed by atoms with E-state index in [2.05, 4.69) is 15.5 Å². The van der Waals surface area contributed by atoms with Crippen LogP contribution in [0, 0.1) is 12.8 Å². The molecule has 0 fully saturated rings. The summed E-state index contributed by atoms with van der Waals surface area (Å²) >= 11 is 0. The van der Waals surface area contributed by atoms with Gasteiger partial charge in [0.1, 0.15) is 5.54 Å². The van der Waals surface area contributed by atoms with Gasteiger partial charge in [0.15, 0.2) is 5.82 Å². The Balaban J connectivity index is 2.77. The van der Waals surface area contributed by atoms with Crippen molar-refractivity contribution in [2.45, 2.75) is 46.2 Å². The van der Waals surface area contributed by atoms with Gasteiger partial charge in [-0.3, -0.25) is 10.1 Å². The van der Waals surface area contributed by atoms with Crippen LogP contribution in [0.1, 0.15) is 38.9 Å². The SMILES string of the molecule is CC[C@](NCc1nc(C)no1)(C(N)=O)C(C)C. The Morgan fingerprint density at radius 3 is 2.59 bits per heavy atom. The Morgan fingerprint density at radius 2 is 2.24 bits per heavy atom. The van der Waals surface area contributed by atoms with Crippen molar-refractivity contribution in [3.8, 4) is 0 Å². The fourth-order valence-electron chi connectivity index (χ4n) is 1.93. The van der Waals surface area contributed by atoms with Crippen molar-refractivity contribution in [3.63, 3.8) is 0 Å². The highest BCUT2D eigenvalue weighted by Gasteiger charge is 2.37. The summed E-state index contributed by atoms with van der Waals surface area (Å²) in [6.07, 6.45) is 0.618. The summed E-state index contributed by atoms with van der Waals surface area (Å²) in [4.78, 5) is 15.7. The van der Waals surface area contributed by atoms with Crippen LogP contribution in [0.2, 0.25) is 0 Å². The third-order valence-electron chi connectivity index (χ3n) is 3.11. The number of hydrogen-bond donors (Lipinski definition) is 2. The summed E-state index contributed by atoms with van der Waals surface area (Å²) in [6.45, 7) is 7.93. The third kappa shape index (κ3) is 2.82. The highest BCUT2D eigenvalue weighted by molar-refractivity contribution is 5.84. The van der Waals surface area contributed by atoms with Gasteiger partial charge in [-0.2, -0.15) is 4.98 Å². The number of primary amides is 1. The number of hydrogen-bond acceptors (Lipinski definition) is 5. The number of aryl methyl sites for hydroxylation is 1. The van der Waals surface area contributed by atoms with Crippen molar-refractivity contribution in [3.05, 3.63) is 11.7 Å². The number of amides is 1. The molecule has 0 aliphatic heterocycles. The maximum atomic E-state index is 11.6. The van der Waals surface area contributed by atoms with Crippen LogP contribution < -0.4 is 11.1 Å². The van der Waals surface area contributed by atoms with Gasteiger partial charge in [0.2, 0.25) is 11.8 Å². The van der Waals surface area contributed by atoms with Gasteiger partial charge < -0.3 is 10.3 Å². The highest BCUT2D eigenvalue weighted by atomic mass is 16.5. The molecule has 0 aromatic carbocycles. The topological polar surface area (TPSA) is 94.0 Å². The van der Waals surface area contributed by atoms with Crippen molar-refractivity contribution in [1.82, 2.24) is 15.5 Å². The zero-order chi connectivity index (χ0) is 13.1. The third-order valence-corrected chi connectivity index (χ3v) is 3.11. The van der Waals surface area contributed by atoms with E-state index in [9.17, 15) is 4.79 Å². The summed E-state index contributed by atoms with van der Waals surface area (Å²) in [6, 6.07) is 0. The lowest BCUT2D eigenvalue weighted by molar-refractivity contribution is -0.126. The van der Waals surface area contributed by atoms with Gasteiger partial charge in [-0.15, -0.1) is 0 Å². The van der Waals surface area contributed by atoms with Crippen LogP contribution in [0.4, 0.5) is 0 Å². The molecule has 96 valence electrons. The molecule has 1 rings (SSSR count). The van der Waals surface area contributed by atoms with Gasteiger partial charge in [-0.1, -0.05) is 25.9 Å². The van der Waals surface area contributed by atoms with Crippen LogP contribution in [0.3, 0.4) is 0 Å². The first-order chi connectivity index (χ1) is 7.92. The summed E-state index contributed by atoms with van der Waals surface area (Å²) < 4.78 is 4.99. The molecular formula is C11H20N4O2. The molecule has 0 unspecified atom stereocenters. The molecule has 1 amide bonds. The van der Waals surface area contributed by atoms with E-state index in [1.165, 1.54) is 0 Å². The molecule has 6 nitrogen and oxygen atoms in total. The first-order valence-electron chi connectivity index (χ1n) is 5.76. The van der Waals surface area contributed by atoms with Crippen LogP contribution in [0.25, 0.3) is 0 Å². The number of nitrogens with zero attached hydrogens (tertiary/aromatic N) is 2. The van der Waals surface area contributed by atoms with Crippen LogP contribution in [0.15, 0.2) is 4.52 Å². The minimum absolute atomic E-state index is 0.0917. The number of carbonyl (C=O) groups is 1. The number of nitrogens with two attached hydrogens (primary N) is 1. The predicted molar refractivity (Wildman–Crippen MR) is 62.9 cm³/mol. The molecule has 0 aliphatic carbocycles. The molecule has 0 bridgehead atoms. The van der Waals surface area contributed by atoms with E-state index in [1.807, 2.05) is 20.8 Å². The lowest BCUT2D eigenvalue weighted by atomic mass is 9.83. The number of carbonyl (C=O) groups excluding carboxylic acids is 1. The van der Waals surface area contributed by atoms with Crippen molar-refractivity contribution in [2.24, 2.45) is 11.7 Å². The van der Waals surface area contributed by atoms with Gasteiger partial charge in [0.05, 0.1) is 6.54 Å². The first kappa shape index (κ1) is 13.6. The first-order valence-corrected chi connectivity index (χ1v) is 5.76. The van der Waals surface area contributed by atoms with E-state index in [0.29, 0.717) is 24.7 Å². The molecule has 0 saturated carbocycles. The van der Waals surface area contributed by atoms with Crippen LogP contribution >= 0.6 is 0 Å². The van der Waals surface area contributed by atoms with Crippen molar-refractivity contribution in [2.75, 3.05) is 0 Å². The molecule has 0 saturated heterocycles. The summed E-state index contributed by atoms with van der Waals surface area (Å²) in [5, 5.41) is 6.83. The predicted octanol–water partition coefficient (Wildman–Crippen LogP) is 0.758. The zero-order valence-corrected chi connectivity index (χ0v) is 10.8. The minimum atomic E-state index is -0.734. The van der Waals surface area contributed by atoms with E-state index in [-0.39, 0.29) is 11.8 Å². The van der Waals surface area contributed by atoms with E-state index < -0.39 is 5.54 Å². The monoisotopic (exact) mass is 240 g/mol. The molecule has 3 N–H and O–H groups in total. The average Bonchev–Trinajstić information content (AvgIpc) is 2.65. The fourth-order valence-corrected chi connectivity index (χ4v) is 1.93. The zero-order valence-electron chi connectivity index (χ0n) is 10.8. The second-order valence-electron chi connectivity index (χ2n) is 4.43. The number of aromatic nitrogens is 2. The van der Waals surface area contributed by atoms with Gasteiger partial charge in [-0.05, 0) is 19.3 Å². The molecular weight excluding hydrogens is 220 g/mol. The summed E-state index contributed by atoms with van der Waals surface area (Å²) in [5.41, 5.74) is 4.75. The van der Waals surface area contributed by atoms with E-state index >= 15 is 0 Å². The largest absolute Gasteiger partial charge is 0.368 e. The summed E-state index contributed by atoms with van der Waals surface area (Å²) in [7, 11) is 0. The molecule has 0 aliphatic rings. The highest BCUT2D eigenvalue weighted by Crippen LogP contribution is 2.21. The Morgan fingerprint density at radius 1 is 1.59 bits per heavy atom. The van der Waals surface area contributed by atoms with Gasteiger partial charge in [-0.25, -0.2) is 0 Å². The van der Waals surface area contributed by atoms with Gasteiger partial charge in [0.25, 0.3) is 0 Å². The van der Waals surface area contributed by atoms with E-state index in [4.69, 9.17) is 10.3 Å². The Labute approximate surface area is 101 Å². The second kappa shape index (κ2) is 5.27. The standard InChI is InChI=1S/C11H20N4O2/c1-5-11(7(2)3,10(12)16)13-6-9-14-8(4)15-17-9/h7,13H,5-6H2,1-4H3,(H2,12,16)/t11-/m1/s1.